The highest BCUT2D eigenvalue weighted by molar-refractivity contribution is 5.75. The maximum atomic E-state index is 11.8. The van der Waals surface area contributed by atoms with Gasteiger partial charge in [0, 0.05) is 24.5 Å². The summed E-state index contributed by atoms with van der Waals surface area (Å²) in [6, 6.07) is 1.20. The molecule has 0 aromatic carbocycles. The summed E-state index contributed by atoms with van der Waals surface area (Å²) < 4.78 is 1.14. The number of nitrogens with zero attached hydrogens (tertiary/aromatic N) is 2. The van der Waals surface area contributed by atoms with Crippen LogP contribution in [0.4, 0.5) is 0 Å². The van der Waals surface area contributed by atoms with E-state index in [9.17, 15) is 14.4 Å². The molecule has 0 unspecified atom stereocenters. The molecule has 0 aliphatic carbocycles. The van der Waals surface area contributed by atoms with Crippen molar-refractivity contribution < 1.29 is 4.79 Å². The van der Waals surface area contributed by atoms with Crippen LogP contribution >= 0.6 is 0 Å². The van der Waals surface area contributed by atoms with Crippen LogP contribution in [0.2, 0.25) is 0 Å². The second-order valence-electron chi connectivity index (χ2n) is 4.75. The van der Waals surface area contributed by atoms with E-state index in [-0.39, 0.29) is 12.5 Å². The topological polar surface area (TPSA) is 113 Å². The van der Waals surface area contributed by atoms with Gasteiger partial charge in [-0.05, 0) is 25.8 Å². The maximum Gasteiger partial charge on any atom is 0.328 e. The highest BCUT2D eigenvalue weighted by Crippen LogP contribution is 2.08. The Kier molecular flexibility index (Phi) is 4.36. The van der Waals surface area contributed by atoms with Crippen molar-refractivity contribution in [2.45, 2.75) is 26.8 Å². The van der Waals surface area contributed by atoms with E-state index in [0.717, 1.165) is 21.5 Å². The predicted molar refractivity (Wildman–Crippen MR) is 76.1 cm³/mol. The number of carbonyl (C=O) groups is 1. The van der Waals surface area contributed by atoms with Gasteiger partial charge >= 0.3 is 5.69 Å². The molecule has 0 aliphatic rings. The van der Waals surface area contributed by atoms with E-state index in [0.29, 0.717) is 13.0 Å². The largest absolute Gasteiger partial charge is 0.354 e. The molecule has 21 heavy (non-hydrogen) atoms. The Morgan fingerprint density at radius 2 is 2.14 bits per heavy atom. The van der Waals surface area contributed by atoms with Gasteiger partial charge in [-0.25, -0.2) is 4.79 Å². The molecular weight excluding hydrogens is 274 g/mol. The summed E-state index contributed by atoms with van der Waals surface area (Å²) in [7, 11) is 0. The molecule has 2 aromatic heterocycles. The van der Waals surface area contributed by atoms with E-state index in [1.165, 1.54) is 12.3 Å². The first-order valence-electron chi connectivity index (χ1n) is 6.54. The van der Waals surface area contributed by atoms with Gasteiger partial charge in [-0.1, -0.05) is 0 Å². The van der Waals surface area contributed by atoms with Crippen LogP contribution in [-0.4, -0.2) is 32.2 Å². The number of aromatic amines is 2. The van der Waals surface area contributed by atoms with E-state index < -0.39 is 11.2 Å². The van der Waals surface area contributed by atoms with Gasteiger partial charge in [-0.15, -0.1) is 0 Å². The first-order chi connectivity index (χ1) is 9.97. The Bertz CT molecular complexity index is 736. The Balaban J connectivity index is 1.88. The minimum absolute atomic E-state index is 0.126. The number of H-pyrrole nitrogens is 2. The average Bonchev–Trinajstić information content (AvgIpc) is 2.74. The zero-order chi connectivity index (χ0) is 15.4. The van der Waals surface area contributed by atoms with Gasteiger partial charge in [-0.3, -0.25) is 24.2 Å². The Morgan fingerprint density at radius 1 is 1.38 bits per heavy atom. The van der Waals surface area contributed by atoms with Crippen molar-refractivity contribution in [1.29, 1.82) is 0 Å². The molecular formula is C13H17N5O3. The summed E-state index contributed by atoms with van der Waals surface area (Å²) in [5, 5.41) is 9.70. The van der Waals surface area contributed by atoms with Gasteiger partial charge in [0.05, 0.1) is 5.69 Å². The number of aryl methyl sites for hydroxylation is 2. The number of aromatic nitrogens is 4. The SMILES string of the molecule is Cc1n[nH]c(C)c1CCNC(=O)Cn1ccc(=O)[nH]c1=O. The summed E-state index contributed by atoms with van der Waals surface area (Å²) in [4.78, 5) is 36.2. The Morgan fingerprint density at radius 3 is 2.76 bits per heavy atom. The molecule has 8 nitrogen and oxygen atoms in total. The lowest BCUT2D eigenvalue weighted by Crippen LogP contribution is -2.36. The summed E-state index contributed by atoms with van der Waals surface area (Å²) in [5.41, 5.74) is 1.90. The number of hydrogen-bond acceptors (Lipinski definition) is 4. The van der Waals surface area contributed by atoms with E-state index >= 15 is 0 Å². The molecule has 1 amide bonds. The molecule has 0 saturated heterocycles. The zero-order valence-corrected chi connectivity index (χ0v) is 11.9. The predicted octanol–water partition coefficient (Wildman–Crippen LogP) is -0.765. The number of rotatable bonds is 5. The van der Waals surface area contributed by atoms with Gasteiger partial charge < -0.3 is 5.32 Å². The summed E-state index contributed by atoms with van der Waals surface area (Å²) in [6.45, 7) is 4.16. The van der Waals surface area contributed by atoms with Crippen LogP contribution < -0.4 is 16.6 Å². The quantitative estimate of drug-likeness (QED) is 0.671. The third-order valence-electron chi connectivity index (χ3n) is 3.19. The molecule has 0 radical (unpaired) electrons. The van der Waals surface area contributed by atoms with E-state index in [1.54, 1.807) is 0 Å². The van der Waals surface area contributed by atoms with Crippen LogP contribution in [0.25, 0.3) is 0 Å². The molecule has 0 saturated carbocycles. The lowest BCUT2D eigenvalue weighted by atomic mass is 10.1. The Labute approximate surface area is 120 Å². The highest BCUT2D eigenvalue weighted by atomic mass is 16.2. The van der Waals surface area contributed by atoms with Crippen molar-refractivity contribution >= 4 is 5.91 Å². The third-order valence-corrected chi connectivity index (χ3v) is 3.19. The average molecular weight is 291 g/mol. The van der Waals surface area contributed by atoms with Crippen LogP contribution in [0, 0.1) is 13.8 Å². The molecule has 0 spiro atoms. The first kappa shape index (κ1) is 14.8. The summed E-state index contributed by atoms with van der Waals surface area (Å²) in [6.07, 6.45) is 1.96. The van der Waals surface area contributed by atoms with Crippen molar-refractivity contribution in [1.82, 2.24) is 25.1 Å². The van der Waals surface area contributed by atoms with Crippen molar-refractivity contribution in [3.8, 4) is 0 Å². The lowest BCUT2D eigenvalue weighted by molar-refractivity contribution is -0.121. The summed E-state index contributed by atoms with van der Waals surface area (Å²) in [5.74, 6) is -0.289. The fourth-order valence-electron chi connectivity index (χ4n) is 2.05. The number of amides is 1. The minimum Gasteiger partial charge on any atom is -0.354 e. The fraction of sp³-hybridized carbons (Fsp3) is 0.385. The second kappa shape index (κ2) is 6.21. The van der Waals surface area contributed by atoms with Gasteiger partial charge in [0.2, 0.25) is 5.91 Å². The van der Waals surface area contributed by atoms with Crippen molar-refractivity contribution in [3.63, 3.8) is 0 Å². The third kappa shape index (κ3) is 3.68. The van der Waals surface area contributed by atoms with Gasteiger partial charge in [0.15, 0.2) is 0 Å². The van der Waals surface area contributed by atoms with Crippen molar-refractivity contribution in [3.05, 3.63) is 50.1 Å². The molecule has 2 rings (SSSR count). The molecule has 2 aromatic rings. The molecule has 2 heterocycles. The van der Waals surface area contributed by atoms with Crippen LogP contribution in [0.1, 0.15) is 17.0 Å². The highest BCUT2D eigenvalue weighted by Gasteiger charge is 2.08. The summed E-state index contributed by atoms with van der Waals surface area (Å²) >= 11 is 0. The monoisotopic (exact) mass is 291 g/mol. The lowest BCUT2D eigenvalue weighted by Gasteiger charge is -2.07. The normalized spacial score (nSPS) is 10.6. The smallest absolute Gasteiger partial charge is 0.328 e. The van der Waals surface area contributed by atoms with E-state index in [4.69, 9.17) is 0 Å². The van der Waals surface area contributed by atoms with Gasteiger partial charge in [0.25, 0.3) is 5.56 Å². The van der Waals surface area contributed by atoms with Crippen LogP contribution in [0.3, 0.4) is 0 Å². The number of carbonyl (C=O) groups excluding carboxylic acids is 1. The van der Waals surface area contributed by atoms with Crippen molar-refractivity contribution in [2.24, 2.45) is 0 Å². The molecule has 0 fully saturated rings. The molecule has 0 atom stereocenters. The fourth-order valence-corrected chi connectivity index (χ4v) is 2.05. The van der Waals surface area contributed by atoms with Gasteiger partial charge in [-0.2, -0.15) is 5.10 Å². The van der Waals surface area contributed by atoms with Gasteiger partial charge in [0.1, 0.15) is 6.54 Å². The Hall–Kier alpha value is -2.64. The van der Waals surface area contributed by atoms with E-state index in [1.807, 2.05) is 13.8 Å². The van der Waals surface area contributed by atoms with Crippen LogP contribution in [-0.2, 0) is 17.8 Å². The number of hydrogen-bond donors (Lipinski definition) is 3. The molecule has 3 N–H and O–H groups in total. The standard InChI is InChI=1S/C13H17N5O3/c1-8-10(9(2)17-16-8)3-5-14-12(20)7-18-6-4-11(19)15-13(18)21/h4,6H,3,5,7H2,1-2H3,(H,14,20)(H,16,17)(H,15,19,21). The second-order valence-corrected chi connectivity index (χ2v) is 4.75. The molecule has 112 valence electrons. The van der Waals surface area contributed by atoms with Crippen LogP contribution in [0.5, 0.6) is 0 Å². The van der Waals surface area contributed by atoms with E-state index in [2.05, 4.69) is 20.5 Å². The minimum atomic E-state index is -0.598. The first-order valence-corrected chi connectivity index (χ1v) is 6.54. The molecule has 8 heteroatoms. The maximum absolute atomic E-state index is 11.8. The molecule has 0 bridgehead atoms. The number of nitrogens with one attached hydrogen (secondary N) is 3. The van der Waals surface area contributed by atoms with Crippen LogP contribution in [0.15, 0.2) is 21.9 Å². The molecule has 0 aliphatic heterocycles. The zero-order valence-electron chi connectivity index (χ0n) is 11.9. The van der Waals surface area contributed by atoms with Crippen molar-refractivity contribution in [2.75, 3.05) is 6.54 Å².